The highest BCUT2D eigenvalue weighted by Crippen LogP contribution is 2.26. The molecule has 2 aromatic carbocycles. The Morgan fingerprint density at radius 1 is 1.12 bits per heavy atom. The van der Waals surface area contributed by atoms with Crippen LogP contribution in [0, 0.1) is 6.92 Å². The molecule has 0 saturated heterocycles. The predicted octanol–water partition coefficient (Wildman–Crippen LogP) is 4.38. The van der Waals surface area contributed by atoms with E-state index in [1.165, 1.54) is 0 Å². The van der Waals surface area contributed by atoms with Crippen LogP contribution in [0.5, 0.6) is 0 Å². The van der Waals surface area contributed by atoms with Gasteiger partial charge in [-0.1, -0.05) is 35.5 Å². The van der Waals surface area contributed by atoms with Crippen LogP contribution in [0.3, 0.4) is 0 Å². The Kier molecular flexibility index (Phi) is 3.39. The third kappa shape index (κ3) is 2.46. The molecule has 5 nitrogen and oxygen atoms in total. The van der Waals surface area contributed by atoms with Crippen LogP contribution in [0.2, 0.25) is 0 Å². The molecule has 0 fully saturated rings. The number of hydrogen-bond acceptors (Lipinski definition) is 3. The molecular weight excluding hydrogens is 302 g/mol. The number of aryl methyl sites for hydroxylation is 1. The Labute approximate surface area is 138 Å². The smallest absolute Gasteiger partial charge is 0.261 e. The highest BCUT2D eigenvalue weighted by molar-refractivity contribution is 6.09. The Morgan fingerprint density at radius 2 is 1.96 bits per heavy atom. The van der Waals surface area contributed by atoms with Crippen molar-refractivity contribution >= 4 is 22.5 Å². The molecule has 0 aliphatic rings. The number of H-pyrrole nitrogens is 1. The summed E-state index contributed by atoms with van der Waals surface area (Å²) in [6, 6.07) is 17.2. The van der Waals surface area contributed by atoms with Gasteiger partial charge in [-0.05, 0) is 31.2 Å². The van der Waals surface area contributed by atoms with Crippen LogP contribution < -0.4 is 5.32 Å². The van der Waals surface area contributed by atoms with Gasteiger partial charge in [0.25, 0.3) is 5.91 Å². The lowest BCUT2D eigenvalue weighted by Crippen LogP contribution is -2.13. The van der Waals surface area contributed by atoms with Crippen molar-refractivity contribution < 1.29 is 9.32 Å². The molecule has 4 rings (SSSR count). The number of aromatic nitrogens is 2. The number of carbonyl (C=O) groups excluding carboxylic acids is 1. The zero-order valence-electron chi connectivity index (χ0n) is 13.0. The second-order valence-corrected chi connectivity index (χ2v) is 5.56. The molecule has 0 aliphatic heterocycles. The molecule has 118 valence electrons. The summed E-state index contributed by atoms with van der Waals surface area (Å²) in [6.45, 7) is 1.74. The van der Waals surface area contributed by atoms with Crippen molar-refractivity contribution in [3.63, 3.8) is 0 Å². The van der Waals surface area contributed by atoms with Crippen molar-refractivity contribution in [3.8, 4) is 11.3 Å². The van der Waals surface area contributed by atoms with Gasteiger partial charge in [0.1, 0.15) is 17.0 Å². The molecule has 24 heavy (non-hydrogen) atoms. The minimum absolute atomic E-state index is 0.234. The van der Waals surface area contributed by atoms with Gasteiger partial charge >= 0.3 is 0 Å². The zero-order chi connectivity index (χ0) is 16.5. The average molecular weight is 317 g/mol. The van der Waals surface area contributed by atoms with Gasteiger partial charge in [-0.2, -0.15) is 0 Å². The minimum atomic E-state index is -0.234. The quantitative estimate of drug-likeness (QED) is 0.589. The molecule has 0 saturated carbocycles. The second-order valence-electron chi connectivity index (χ2n) is 5.56. The molecule has 0 aliphatic carbocycles. The van der Waals surface area contributed by atoms with Crippen LogP contribution in [0.25, 0.3) is 22.2 Å². The number of amides is 1. The van der Waals surface area contributed by atoms with Crippen molar-refractivity contribution in [3.05, 3.63) is 72.1 Å². The van der Waals surface area contributed by atoms with E-state index in [9.17, 15) is 4.79 Å². The van der Waals surface area contributed by atoms with Gasteiger partial charge in [0, 0.05) is 28.4 Å². The molecule has 0 bridgehead atoms. The number of aromatic amines is 1. The van der Waals surface area contributed by atoms with Crippen molar-refractivity contribution in [1.82, 2.24) is 10.1 Å². The average Bonchev–Trinajstić information content (AvgIpc) is 3.21. The van der Waals surface area contributed by atoms with Gasteiger partial charge in [-0.25, -0.2) is 0 Å². The molecule has 5 heteroatoms. The van der Waals surface area contributed by atoms with Gasteiger partial charge in [0.05, 0.1) is 0 Å². The Bertz CT molecular complexity index is 1020. The van der Waals surface area contributed by atoms with Crippen LogP contribution in [0.4, 0.5) is 5.69 Å². The van der Waals surface area contributed by atoms with Gasteiger partial charge in [-0.15, -0.1) is 0 Å². The van der Waals surface area contributed by atoms with Crippen LogP contribution in [0.1, 0.15) is 16.1 Å². The van der Waals surface area contributed by atoms with E-state index in [-0.39, 0.29) is 5.91 Å². The van der Waals surface area contributed by atoms with Crippen LogP contribution in [0.15, 0.2) is 65.3 Å². The summed E-state index contributed by atoms with van der Waals surface area (Å²) in [6.07, 6.45) is 1.87. The SMILES string of the molecule is Cc1onc(-c2ccccc2)c1C(=O)Nc1ccc2[nH]ccc2c1. The van der Waals surface area contributed by atoms with Crippen molar-refractivity contribution in [1.29, 1.82) is 0 Å². The standard InChI is InChI=1S/C19H15N3O2/c1-12-17(18(22-24-12)13-5-3-2-4-6-13)19(23)21-15-7-8-16-14(11-15)9-10-20-16/h2-11,20H,1H3,(H,21,23). The number of nitrogens with zero attached hydrogens (tertiary/aromatic N) is 1. The predicted molar refractivity (Wildman–Crippen MR) is 92.9 cm³/mol. The fraction of sp³-hybridized carbons (Fsp3) is 0.0526. The van der Waals surface area contributed by atoms with Crippen LogP contribution in [-0.4, -0.2) is 16.0 Å². The van der Waals surface area contributed by atoms with Crippen molar-refractivity contribution in [2.75, 3.05) is 5.32 Å². The fourth-order valence-electron chi connectivity index (χ4n) is 2.76. The van der Waals surface area contributed by atoms with Crippen LogP contribution in [-0.2, 0) is 0 Å². The van der Waals surface area contributed by atoms with E-state index in [4.69, 9.17) is 4.52 Å². The summed E-state index contributed by atoms with van der Waals surface area (Å²) in [7, 11) is 0. The first-order valence-corrected chi connectivity index (χ1v) is 7.62. The number of carbonyl (C=O) groups is 1. The number of fused-ring (bicyclic) bond motifs is 1. The highest BCUT2D eigenvalue weighted by Gasteiger charge is 2.21. The first-order valence-electron chi connectivity index (χ1n) is 7.62. The minimum Gasteiger partial charge on any atom is -0.361 e. The van der Waals surface area contributed by atoms with E-state index in [0.29, 0.717) is 17.0 Å². The van der Waals surface area contributed by atoms with E-state index < -0.39 is 0 Å². The number of rotatable bonds is 3. The topological polar surface area (TPSA) is 70.9 Å². The fourth-order valence-corrected chi connectivity index (χ4v) is 2.76. The summed E-state index contributed by atoms with van der Waals surface area (Å²) in [4.78, 5) is 15.9. The Hall–Kier alpha value is -3.34. The van der Waals surface area contributed by atoms with E-state index >= 15 is 0 Å². The van der Waals surface area contributed by atoms with E-state index in [0.717, 1.165) is 22.2 Å². The lowest BCUT2D eigenvalue weighted by Gasteiger charge is -2.06. The maximum absolute atomic E-state index is 12.7. The third-order valence-corrected chi connectivity index (χ3v) is 3.95. The second kappa shape index (κ2) is 5.70. The summed E-state index contributed by atoms with van der Waals surface area (Å²) in [5.74, 6) is 0.261. The van der Waals surface area contributed by atoms with E-state index in [1.807, 2.05) is 60.8 Å². The van der Waals surface area contributed by atoms with Gasteiger partial charge in [0.15, 0.2) is 0 Å². The summed E-state index contributed by atoms with van der Waals surface area (Å²) in [5, 5.41) is 8.01. The number of hydrogen-bond donors (Lipinski definition) is 2. The molecule has 1 amide bonds. The molecule has 4 aromatic rings. The number of benzene rings is 2. The van der Waals surface area contributed by atoms with Gasteiger partial charge in [0.2, 0.25) is 0 Å². The van der Waals surface area contributed by atoms with E-state index in [2.05, 4.69) is 15.5 Å². The monoisotopic (exact) mass is 317 g/mol. The zero-order valence-corrected chi connectivity index (χ0v) is 13.0. The lowest BCUT2D eigenvalue weighted by molar-refractivity contribution is 0.102. The molecule has 2 N–H and O–H groups in total. The first-order chi connectivity index (χ1) is 11.7. The molecule has 2 heterocycles. The Morgan fingerprint density at radius 3 is 2.79 bits per heavy atom. The van der Waals surface area contributed by atoms with Gasteiger partial charge in [-0.3, -0.25) is 4.79 Å². The maximum atomic E-state index is 12.7. The molecule has 0 radical (unpaired) electrons. The third-order valence-electron chi connectivity index (χ3n) is 3.95. The molecule has 0 spiro atoms. The number of nitrogens with one attached hydrogen (secondary N) is 2. The van der Waals surface area contributed by atoms with Crippen molar-refractivity contribution in [2.24, 2.45) is 0 Å². The normalized spacial score (nSPS) is 10.9. The van der Waals surface area contributed by atoms with Crippen LogP contribution >= 0.6 is 0 Å². The largest absolute Gasteiger partial charge is 0.361 e. The lowest BCUT2D eigenvalue weighted by atomic mass is 10.1. The van der Waals surface area contributed by atoms with Crippen molar-refractivity contribution in [2.45, 2.75) is 6.92 Å². The van der Waals surface area contributed by atoms with Gasteiger partial charge < -0.3 is 14.8 Å². The Balaban J connectivity index is 1.68. The molecule has 0 unspecified atom stereocenters. The summed E-state index contributed by atoms with van der Waals surface area (Å²) in [5.41, 5.74) is 3.61. The highest BCUT2D eigenvalue weighted by atomic mass is 16.5. The summed E-state index contributed by atoms with van der Waals surface area (Å²) < 4.78 is 5.25. The first kappa shape index (κ1) is 14.3. The molecular formula is C19H15N3O2. The maximum Gasteiger partial charge on any atom is 0.261 e. The molecule has 0 atom stereocenters. The molecule has 2 aromatic heterocycles. The van der Waals surface area contributed by atoms with E-state index in [1.54, 1.807) is 6.92 Å². The number of anilines is 1. The summed E-state index contributed by atoms with van der Waals surface area (Å²) >= 11 is 0.